The highest BCUT2D eigenvalue weighted by Crippen LogP contribution is 2.43. The minimum atomic E-state index is -4.27. The third kappa shape index (κ3) is 4.95. The van der Waals surface area contributed by atoms with Gasteiger partial charge < -0.3 is 4.74 Å². The number of anilines is 1. The monoisotopic (exact) mass is 481 g/mol. The Morgan fingerprint density at radius 1 is 1.24 bits per heavy atom. The van der Waals surface area contributed by atoms with Crippen molar-refractivity contribution in [3.8, 4) is 5.75 Å². The maximum atomic E-state index is 14.9. The second kappa shape index (κ2) is 8.65. The molecule has 8 nitrogen and oxygen atoms in total. The molecule has 1 aliphatic rings. The van der Waals surface area contributed by atoms with E-state index in [-0.39, 0.29) is 24.4 Å². The second-order valence-corrected chi connectivity index (χ2v) is 9.64. The number of alkyl halides is 2. The van der Waals surface area contributed by atoms with E-state index >= 15 is 0 Å². The van der Waals surface area contributed by atoms with Crippen LogP contribution in [-0.2, 0) is 17.1 Å². The molecular formula is C21H22F3N5O3S. The molecule has 0 amide bonds. The summed E-state index contributed by atoms with van der Waals surface area (Å²) in [5.74, 6) is -4.46. The van der Waals surface area contributed by atoms with Gasteiger partial charge in [-0.05, 0) is 37.1 Å². The Morgan fingerprint density at radius 3 is 2.70 bits per heavy atom. The molecule has 3 aromatic rings. The van der Waals surface area contributed by atoms with Gasteiger partial charge in [0.25, 0.3) is 10.0 Å². The summed E-state index contributed by atoms with van der Waals surface area (Å²) in [4.78, 5) is 6.89. The van der Waals surface area contributed by atoms with Crippen LogP contribution in [0.4, 0.5) is 19.0 Å². The van der Waals surface area contributed by atoms with E-state index in [0.717, 1.165) is 18.5 Å². The fourth-order valence-electron chi connectivity index (χ4n) is 3.97. The zero-order chi connectivity index (χ0) is 23.8. The van der Waals surface area contributed by atoms with Crippen LogP contribution < -0.4 is 9.46 Å². The molecule has 0 saturated heterocycles. The fraction of sp³-hybridized carbons (Fsp3) is 0.381. The van der Waals surface area contributed by atoms with Gasteiger partial charge in [0.1, 0.15) is 34.7 Å². The zero-order valence-corrected chi connectivity index (χ0v) is 18.7. The standard InChI is InChI=1S/C21H22F3N5O3S/c1-13-9-19(33(30,31)28-20-5-7-25-12-26-20)15(22)10-18(13)32-17-3-6-21(23,24)11-14(17)16-4-8-27-29(16)2/h4-5,7-10,12,14,17H,3,6,11H2,1-2H3,(H,25,26,28)/t14-,17+/m1/s1. The average Bonchev–Trinajstić information content (AvgIpc) is 3.17. The molecule has 2 aromatic heterocycles. The molecule has 1 N–H and O–H groups in total. The average molecular weight is 482 g/mol. The molecule has 0 unspecified atom stereocenters. The van der Waals surface area contributed by atoms with Crippen molar-refractivity contribution in [1.29, 1.82) is 0 Å². The van der Waals surface area contributed by atoms with E-state index in [0.29, 0.717) is 11.3 Å². The number of hydrogen-bond acceptors (Lipinski definition) is 6. The Bertz CT molecular complexity index is 1250. The highest BCUT2D eigenvalue weighted by Gasteiger charge is 2.44. The fourth-order valence-corrected chi connectivity index (χ4v) is 5.12. The van der Waals surface area contributed by atoms with E-state index in [4.69, 9.17) is 4.74 Å². The van der Waals surface area contributed by atoms with Crippen LogP contribution in [0.1, 0.15) is 36.4 Å². The van der Waals surface area contributed by atoms with Gasteiger partial charge in [-0.2, -0.15) is 5.10 Å². The number of benzene rings is 1. The number of rotatable bonds is 6. The molecule has 0 aliphatic heterocycles. The lowest BCUT2D eigenvalue weighted by molar-refractivity contribution is -0.0698. The molecule has 0 radical (unpaired) electrons. The van der Waals surface area contributed by atoms with Crippen molar-refractivity contribution in [3.05, 3.63) is 60.1 Å². The molecule has 1 aliphatic carbocycles. The van der Waals surface area contributed by atoms with Gasteiger partial charge in [-0.1, -0.05) is 0 Å². The Morgan fingerprint density at radius 2 is 2.03 bits per heavy atom. The number of hydrogen-bond donors (Lipinski definition) is 1. The zero-order valence-electron chi connectivity index (χ0n) is 17.9. The maximum absolute atomic E-state index is 14.9. The Hall–Kier alpha value is -3.15. The Labute approximate surface area is 188 Å². The third-order valence-electron chi connectivity index (χ3n) is 5.62. The van der Waals surface area contributed by atoms with E-state index in [1.165, 1.54) is 23.1 Å². The largest absolute Gasteiger partial charge is 0.489 e. The van der Waals surface area contributed by atoms with Crippen molar-refractivity contribution < 1.29 is 26.3 Å². The Kier molecular flexibility index (Phi) is 6.04. The van der Waals surface area contributed by atoms with Crippen LogP contribution in [0.2, 0.25) is 0 Å². The van der Waals surface area contributed by atoms with E-state index in [1.807, 2.05) is 0 Å². The minimum Gasteiger partial charge on any atom is -0.489 e. The molecule has 2 heterocycles. The highest BCUT2D eigenvalue weighted by molar-refractivity contribution is 7.92. The Balaban J connectivity index is 1.61. The van der Waals surface area contributed by atoms with E-state index in [2.05, 4.69) is 19.8 Å². The number of nitrogens with one attached hydrogen (secondary N) is 1. The summed E-state index contributed by atoms with van der Waals surface area (Å²) in [5, 5.41) is 4.06. The maximum Gasteiger partial charge on any atom is 0.265 e. The third-order valence-corrected chi connectivity index (χ3v) is 6.99. The second-order valence-electron chi connectivity index (χ2n) is 7.99. The summed E-state index contributed by atoms with van der Waals surface area (Å²) in [6.07, 6.45) is 2.64. The van der Waals surface area contributed by atoms with Gasteiger partial charge in [-0.25, -0.2) is 31.6 Å². The topological polar surface area (TPSA) is 99.0 Å². The van der Waals surface area contributed by atoms with Crippen LogP contribution in [-0.4, -0.2) is 40.2 Å². The van der Waals surface area contributed by atoms with Gasteiger partial charge in [0.2, 0.25) is 5.92 Å². The molecule has 1 fully saturated rings. The number of halogens is 3. The van der Waals surface area contributed by atoms with E-state index in [1.54, 1.807) is 20.0 Å². The first kappa shape index (κ1) is 23.0. The number of ether oxygens (including phenoxy) is 1. The lowest BCUT2D eigenvalue weighted by Gasteiger charge is -2.36. The van der Waals surface area contributed by atoms with Gasteiger partial charge in [-0.15, -0.1) is 0 Å². The predicted octanol–water partition coefficient (Wildman–Crippen LogP) is 3.81. The van der Waals surface area contributed by atoms with Crippen molar-refractivity contribution in [2.75, 3.05) is 4.72 Å². The highest BCUT2D eigenvalue weighted by atomic mass is 32.2. The molecule has 2 atom stereocenters. The number of sulfonamides is 1. The van der Waals surface area contributed by atoms with Crippen LogP contribution in [0.3, 0.4) is 0 Å². The number of nitrogens with zero attached hydrogens (tertiary/aromatic N) is 4. The summed E-state index contributed by atoms with van der Waals surface area (Å²) >= 11 is 0. The van der Waals surface area contributed by atoms with Crippen molar-refractivity contribution in [2.45, 2.75) is 49.0 Å². The van der Waals surface area contributed by atoms with Gasteiger partial charge in [0.05, 0.1) is 0 Å². The van der Waals surface area contributed by atoms with Crippen LogP contribution in [0.15, 0.2) is 47.9 Å². The van der Waals surface area contributed by atoms with Crippen molar-refractivity contribution in [2.24, 2.45) is 7.05 Å². The molecule has 1 saturated carbocycles. The molecule has 0 bridgehead atoms. The molecule has 176 valence electrons. The first-order valence-electron chi connectivity index (χ1n) is 10.2. The lowest BCUT2D eigenvalue weighted by atomic mass is 9.81. The quantitative estimate of drug-likeness (QED) is 0.575. The minimum absolute atomic E-state index is 0.00969. The predicted molar refractivity (Wildman–Crippen MR) is 113 cm³/mol. The van der Waals surface area contributed by atoms with Crippen LogP contribution >= 0.6 is 0 Å². The van der Waals surface area contributed by atoms with E-state index < -0.39 is 45.1 Å². The van der Waals surface area contributed by atoms with Crippen molar-refractivity contribution in [3.63, 3.8) is 0 Å². The molecule has 12 heteroatoms. The van der Waals surface area contributed by atoms with Gasteiger partial charge >= 0.3 is 0 Å². The first-order valence-corrected chi connectivity index (χ1v) is 11.7. The van der Waals surface area contributed by atoms with Crippen molar-refractivity contribution >= 4 is 15.8 Å². The van der Waals surface area contributed by atoms with Gasteiger partial charge in [0.15, 0.2) is 0 Å². The van der Waals surface area contributed by atoms with Crippen LogP contribution in [0, 0.1) is 12.7 Å². The van der Waals surface area contributed by atoms with Gasteiger partial charge in [-0.3, -0.25) is 9.40 Å². The normalized spacial score (nSPS) is 20.4. The lowest BCUT2D eigenvalue weighted by Crippen LogP contribution is -2.38. The first-order chi connectivity index (χ1) is 15.6. The SMILES string of the molecule is Cc1cc(S(=O)(=O)Nc2ccncn2)c(F)cc1O[C@H]1CCC(F)(F)C[C@@H]1c1ccnn1C. The van der Waals surface area contributed by atoms with Crippen molar-refractivity contribution in [1.82, 2.24) is 19.7 Å². The molecule has 1 aromatic carbocycles. The van der Waals surface area contributed by atoms with Crippen LogP contribution in [0.25, 0.3) is 0 Å². The summed E-state index contributed by atoms with van der Waals surface area (Å²) in [6.45, 7) is 1.56. The molecule has 4 rings (SSSR count). The smallest absolute Gasteiger partial charge is 0.265 e. The number of aromatic nitrogens is 4. The molecular weight excluding hydrogens is 459 g/mol. The molecule has 33 heavy (non-hydrogen) atoms. The summed E-state index contributed by atoms with van der Waals surface area (Å²) in [7, 11) is -2.60. The summed E-state index contributed by atoms with van der Waals surface area (Å²) in [6, 6.07) is 5.10. The molecule has 0 spiro atoms. The van der Waals surface area contributed by atoms with E-state index in [9.17, 15) is 21.6 Å². The summed E-state index contributed by atoms with van der Waals surface area (Å²) in [5.41, 5.74) is 0.936. The van der Waals surface area contributed by atoms with Crippen LogP contribution in [0.5, 0.6) is 5.75 Å². The number of aryl methyl sites for hydroxylation is 2. The van der Waals surface area contributed by atoms with Gasteiger partial charge in [0, 0.05) is 50.0 Å². The summed E-state index contributed by atoms with van der Waals surface area (Å²) < 4.78 is 78.2.